The summed E-state index contributed by atoms with van der Waals surface area (Å²) in [7, 11) is 3.81. The lowest BCUT2D eigenvalue weighted by Crippen LogP contribution is -3.26. The Bertz CT molecular complexity index is 1030. The molecular formula is C22H26N2O4+2. The van der Waals surface area contributed by atoms with Gasteiger partial charge in [-0.3, -0.25) is 4.79 Å². The van der Waals surface area contributed by atoms with E-state index < -0.39 is 0 Å². The average Bonchev–Trinajstić information content (AvgIpc) is 2.72. The molecule has 2 aromatic carbocycles. The Morgan fingerprint density at radius 2 is 1.79 bits per heavy atom. The SMILES string of the molecule is COc1ccc(-c2coc3c(C[NH+]4CC[NH+](C)CC4)c(O)ccc3c2=O)cc1. The van der Waals surface area contributed by atoms with Crippen LogP contribution in [0.4, 0.5) is 0 Å². The number of hydrogen-bond acceptors (Lipinski definition) is 4. The first kappa shape index (κ1) is 18.5. The number of quaternary nitrogens is 2. The van der Waals surface area contributed by atoms with Crippen molar-refractivity contribution < 1.29 is 24.1 Å². The second kappa shape index (κ2) is 7.66. The molecule has 0 saturated carbocycles. The van der Waals surface area contributed by atoms with E-state index in [1.165, 1.54) is 16.1 Å². The first-order valence-electron chi connectivity index (χ1n) is 9.62. The molecule has 1 fully saturated rings. The highest BCUT2D eigenvalue weighted by Crippen LogP contribution is 2.28. The zero-order valence-electron chi connectivity index (χ0n) is 16.2. The average molecular weight is 382 g/mol. The zero-order chi connectivity index (χ0) is 19.7. The van der Waals surface area contributed by atoms with E-state index in [0.717, 1.165) is 37.5 Å². The highest BCUT2D eigenvalue weighted by Gasteiger charge is 2.24. The van der Waals surface area contributed by atoms with Gasteiger partial charge in [0, 0.05) is 0 Å². The quantitative estimate of drug-likeness (QED) is 0.598. The fourth-order valence-electron chi connectivity index (χ4n) is 3.84. The summed E-state index contributed by atoms with van der Waals surface area (Å²) in [6.45, 7) is 4.94. The summed E-state index contributed by atoms with van der Waals surface area (Å²) in [6.07, 6.45) is 1.50. The molecule has 0 aliphatic carbocycles. The third kappa shape index (κ3) is 3.48. The Hall–Kier alpha value is -2.83. The summed E-state index contributed by atoms with van der Waals surface area (Å²) in [6, 6.07) is 10.6. The van der Waals surface area contributed by atoms with Crippen LogP contribution in [0.3, 0.4) is 0 Å². The molecule has 0 radical (unpaired) electrons. The number of likely N-dealkylation sites (N-methyl/N-ethyl adjacent to an activating group) is 1. The molecule has 2 heterocycles. The van der Waals surface area contributed by atoms with E-state index in [9.17, 15) is 9.90 Å². The normalized spacial score (nSPS) is 19.6. The topological polar surface area (TPSA) is 68.6 Å². The van der Waals surface area contributed by atoms with Gasteiger partial charge < -0.3 is 24.1 Å². The van der Waals surface area contributed by atoms with Crippen molar-refractivity contribution in [1.82, 2.24) is 0 Å². The van der Waals surface area contributed by atoms with Gasteiger partial charge in [0.25, 0.3) is 0 Å². The molecule has 0 unspecified atom stereocenters. The molecule has 0 bridgehead atoms. The predicted molar refractivity (Wildman–Crippen MR) is 107 cm³/mol. The van der Waals surface area contributed by atoms with Gasteiger partial charge in [-0.15, -0.1) is 0 Å². The maximum atomic E-state index is 13.1. The van der Waals surface area contributed by atoms with Crippen molar-refractivity contribution in [3.05, 3.63) is 58.4 Å². The molecule has 4 rings (SSSR count). The summed E-state index contributed by atoms with van der Waals surface area (Å²) >= 11 is 0. The number of rotatable bonds is 4. The Morgan fingerprint density at radius 3 is 2.46 bits per heavy atom. The maximum absolute atomic E-state index is 13.1. The van der Waals surface area contributed by atoms with Gasteiger partial charge in [0.1, 0.15) is 56.1 Å². The van der Waals surface area contributed by atoms with Crippen LogP contribution in [0, 0.1) is 0 Å². The third-order valence-corrected chi connectivity index (χ3v) is 5.66. The maximum Gasteiger partial charge on any atom is 0.200 e. The minimum absolute atomic E-state index is 0.0921. The van der Waals surface area contributed by atoms with Crippen LogP contribution < -0.4 is 20.0 Å². The highest BCUT2D eigenvalue weighted by molar-refractivity contribution is 5.85. The van der Waals surface area contributed by atoms with Crippen LogP contribution in [0.15, 0.2) is 51.9 Å². The molecule has 6 nitrogen and oxygen atoms in total. The minimum atomic E-state index is -0.0921. The molecule has 0 amide bonds. The third-order valence-electron chi connectivity index (χ3n) is 5.66. The molecule has 3 N–H and O–H groups in total. The van der Waals surface area contributed by atoms with E-state index in [1.54, 1.807) is 19.2 Å². The van der Waals surface area contributed by atoms with E-state index in [4.69, 9.17) is 9.15 Å². The van der Waals surface area contributed by atoms with Crippen molar-refractivity contribution in [3.63, 3.8) is 0 Å². The number of phenolic OH excluding ortho intramolecular Hbond substituents is 1. The van der Waals surface area contributed by atoms with Crippen molar-refractivity contribution in [2.24, 2.45) is 0 Å². The number of hydrogen-bond donors (Lipinski definition) is 3. The van der Waals surface area contributed by atoms with Gasteiger partial charge in [0.05, 0.1) is 30.7 Å². The second-order valence-electron chi connectivity index (χ2n) is 7.53. The number of phenols is 1. The minimum Gasteiger partial charge on any atom is -0.507 e. The summed E-state index contributed by atoms with van der Waals surface area (Å²) in [4.78, 5) is 16.0. The van der Waals surface area contributed by atoms with E-state index in [-0.39, 0.29) is 11.2 Å². The number of ether oxygens (including phenoxy) is 1. The smallest absolute Gasteiger partial charge is 0.200 e. The molecule has 1 saturated heterocycles. The second-order valence-corrected chi connectivity index (χ2v) is 7.53. The number of nitrogens with one attached hydrogen (secondary N) is 2. The molecule has 6 heteroatoms. The van der Waals surface area contributed by atoms with E-state index in [2.05, 4.69) is 7.05 Å². The summed E-state index contributed by atoms with van der Waals surface area (Å²) in [5, 5.41) is 10.9. The molecule has 3 aromatic rings. The lowest BCUT2D eigenvalue weighted by molar-refractivity contribution is -1.01. The molecule has 1 aliphatic heterocycles. The van der Waals surface area contributed by atoms with E-state index in [0.29, 0.717) is 28.6 Å². The van der Waals surface area contributed by atoms with Crippen molar-refractivity contribution >= 4 is 11.0 Å². The molecule has 28 heavy (non-hydrogen) atoms. The van der Waals surface area contributed by atoms with Gasteiger partial charge in [-0.25, -0.2) is 0 Å². The molecule has 1 aromatic heterocycles. The highest BCUT2D eigenvalue weighted by atomic mass is 16.5. The molecule has 0 atom stereocenters. The molecular weight excluding hydrogens is 356 g/mol. The number of piperazine rings is 1. The molecule has 146 valence electrons. The lowest BCUT2D eigenvalue weighted by atomic mass is 10.0. The number of benzene rings is 2. The zero-order valence-corrected chi connectivity index (χ0v) is 16.2. The van der Waals surface area contributed by atoms with Gasteiger partial charge in [0.2, 0.25) is 5.43 Å². The fraction of sp³-hybridized carbons (Fsp3) is 0.318. The van der Waals surface area contributed by atoms with Gasteiger partial charge in [-0.2, -0.15) is 0 Å². The first-order valence-corrected chi connectivity index (χ1v) is 9.62. The standard InChI is InChI=1S/C22H24N2O4/c1-23-9-11-24(12-10-23)13-18-20(25)8-7-17-21(26)19(14-28-22(17)18)15-3-5-16(27-2)6-4-15/h3-8,14,25H,9-13H2,1-2H3/p+2. The van der Waals surface area contributed by atoms with E-state index in [1.807, 2.05) is 24.3 Å². The number of fused-ring (bicyclic) bond motifs is 1. The van der Waals surface area contributed by atoms with Crippen molar-refractivity contribution in [1.29, 1.82) is 0 Å². The van der Waals surface area contributed by atoms with Gasteiger partial charge in [-0.1, -0.05) is 12.1 Å². The van der Waals surface area contributed by atoms with Gasteiger partial charge >= 0.3 is 0 Å². The van der Waals surface area contributed by atoms with Crippen molar-refractivity contribution in [3.8, 4) is 22.6 Å². The van der Waals surface area contributed by atoms with E-state index >= 15 is 0 Å². The van der Waals surface area contributed by atoms with Crippen LogP contribution in [0.2, 0.25) is 0 Å². The Kier molecular flexibility index (Phi) is 5.07. The Morgan fingerprint density at radius 1 is 1.07 bits per heavy atom. The lowest BCUT2D eigenvalue weighted by Gasteiger charge is -2.27. The summed E-state index contributed by atoms with van der Waals surface area (Å²) in [5.74, 6) is 0.921. The van der Waals surface area contributed by atoms with Crippen molar-refractivity contribution in [2.45, 2.75) is 6.54 Å². The predicted octanol–water partition coefficient (Wildman–Crippen LogP) is 0.0874. The molecule has 0 spiro atoms. The van der Waals surface area contributed by atoms with Gasteiger partial charge in [-0.05, 0) is 29.8 Å². The Labute approximate surface area is 163 Å². The largest absolute Gasteiger partial charge is 0.507 e. The van der Waals surface area contributed by atoms with Crippen LogP contribution in [0.5, 0.6) is 11.5 Å². The van der Waals surface area contributed by atoms with Crippen molar-refractivity contribution in [2.75, 3.05) is 40.3 Å². The van der Waals surface area contributed by atoms with Crippen LogP contribution >= 0.6 is 0 Å². The monoisotopic (exact) mass is 382 g/mol. The van der Waals surface area contributed by atoms with Crippen LogP contribution in [0.25, 0.3) is 22.1 Å². The van der Waals surface area contributed by atoms with Gasteiger partial charge in [0.15, 0.2) is 0 Å². The fourth-order valence-corrected chi connectivity index (χ4v) is 3.84. The summed E-state index contributed by atoms with van der Waals surface area (Å²) < 4.78 is 11.1. The Balaban J connectivity index is 1.73. The number of aromatic hydroxyl groups is 1. The van der Waals surface area contributed by atoms with Crippen LogP contribution in [-0.2, 0) is 6.54 Å². The summed E-state index contributed by atoms with van der Waals surface area (Å²) in [5.41, 5.74) is 2.39. The molecule has 1 aliphatic rings. The first-order chi connectivity index (χ1) is 13.6. The van der Waals surface area contributed by atoms with Crippen LogP contribution in [0.1, 0.15) is 5.56 Å². The number of methoxy groups -OCH3 is 1. The van der Waals surface area contributed by atoms with Crippen LogP contribution in [-0.4, -0.2) is 45.4 Å².